The van der Waals surface area contributed by atoms with E-state index in [0.717, 1.165) is 10.0 Å². The average molecular weight is 340 g/mol. The first-order valence-corrected chi connectivity index (χ1v) is 6.91. The number of carbonyl (C=O) groups is 1. The minimum Gasteiger partial charge on any atom is -0.484 e. The maximum atomic E-state index is 11.9. The molecule has 2 nitrogen and oxygen atoms in total. The van der Waals surface area contributed by atoms with E-state index < -0.39 is 0 Å². The van der Waals surface area contributed by atoms with Crippen molar-refractivity contribution in [3.8, 4) is 5.75 Å². The fourth-order valence-electron chi connectivity index (χ4n) is 1.59. The summed E-state index contributed by atoms with van der Waals surface area (Å²) in [6.07, 6.45) is 0. The zero-order valence-electron chi connectivity index (χ0n) is 10.3. The van der Waals surface area contributed by atoms with Crippen LogP contribution in [-0.2, 0) is 0 Å². The predicted octanol–water partition coefficient (Wildman–Crippen LogP) is 4.67. The van der Waals surface area contributed by atoms with Crippen molar-refractivity contribution in [3.63, 3.8) is 0 Å². The molecule has 0 amide bonds. The maximum Gasteiger partial charge on any atom is 0.200 e. The molecule has 2 rings (SSSR count). The Labute approximate surface area is 125 Å². The lowest BCUT2D eigenvalue weighted by Crippen LogP contribution is -2.11. The number of carbonyl (C=O) groups excluding carboxylic acids is 1. The summed E-state index contributed by atoms with van der Waals surface area (Å²) in [6, 6.07) is 12.6. The van der Waals surface area contributed by atoms with E-state index in [-0.39, 0.29) is 12.4 Å². The lowest BCUT2D eigenvalue weighted by atomic mass is 10.1. The van der Waals surface area contributed by atoms with Crippen LogP contribution >= 0.6 is 27.5 Å². The van der Waals surface area contributed by atoms with E-state index in [9.17, 15) is 4.79 Å². The Morgan fingerprint density at radius 3 is 2.53 bits per heavy atom. The first-order chi connectivity index (χ1) is 9.06. The van der Waals surface area contributed by atoms with E-state index in [1.165, 1.54) is 0 Å². The molecule has 0 saturated heterocycles. The molecular weight excluding hydrogens is 328 g/mol. The van der Waals surface area contributed by atoms with Gasteiger partial charge in [0.1, 0.15) is 5.75 Å². The zero-order valence-corrected chi connectivity index (χ0v) is 12.7. The van der Waals surface area contributed by atoms with Crippen LogP contribution in [0.1, 0.15) is 15.9 Å². The lowest BCUT2D eigenvalue weighted by Gasteiger charge is -2.08. The molecule has 4 heteroatoms. The molecule has 0 aliphatic rings. The van der Waals surface area contributed by atoms with Gasteiger partial charge in [-0.25, -0.2) is 0 Å². The van der Waals surface area contributed by atoms with Crippen LogP contribution in [0.15, 0.2) is 46.9 Å². The van der Waals surface area contributed by atoms with Crippen molar-refractivity contribution in [3.05, 3.63) is 63.1 Å². The van der Waals surface area contributed by atoms with Gasteiger partial charge in [-0.05, 0) is 36.8 Å². The zero-order chi connectivity index (χ0) is 13.8. The fraction of sp³-hybridized carbons (Fsp3) is 0.133. The summed E-state index contributed by atoms with van der Waals surface area (Å²) in [7, 11) is 0. The normalized spacial score (nSPS) is 10.3. The SMILES string of the molecule is Cc1ccc(OCC(=O)c2ccc(Br)cc2)c(Cl)c1. The van der Waals surface area contributed by atoms with Gasteiger partial charge < -0.3 is 4.74 Å². The highest BCUT2D eigenvalue weighted by molar-refractivity contribution is 9.10. The van der Waals surface area contributed by atoms with Crippen molar-refractivity contribution in [1.29, 1.82) is 0 Å². The van der Waals surface area contributed by atoms with E-state index in [1.807, 2.05) is 25.1 Å². The molecule has 2 aromatic carbocycles. The second-order valence-electron chi connectivity index (χ2n) is 4.15. The molecular formula is C15H12BrClO2. The fourth-order valence-corrected chi connectivity index (χ4v) is 2.14. The van der Waals surface area contributed by atoms with Crippen LogP contribution in [0.5, 0.6) is 5.75 Å². The van der Waals surface area contributed by atoms with Gasteiger partial charge in [-0.2, -0.15) is 0 Å². The van der Waals surface area contributed by atoms with E-state index in [1.54, 1.807) is 24.3 Å². The van der Waals surface area contributed by atoms with Crippen molar-refractivity contribution < 1.29 is 9.53 Å². The number of halogens is 2. The topological polar surface area (TPSA) is 26.3 Å². The van der Waals surface area contributed by atoms with E-state index in [4.69, 9.17) is 16.3 Å². The van der Waals surface area contributed by atoms with Crippen LogP contribution in [0.25, 0.3) is 0 Å². The van der Waals surface area contributed by atoms with E-state index in [0.29, 0.717) is 16.3 Å². The smallest absolute Gasteiger partial charge is 0.200 e. The number of hydrogen-bond acceptors (Lipinski definition) is 2. The van der Waals surface area contributed by atoms with Crippen LogP contribution in [-0.4, -0.2) is 12.4 Å². The molecule has 0 aliphatic carbocycles. The molecule has 0 aliphatic heterocycles. The molecule has 0 aromatic heterocycles. The van der Waals surface area contributed by atoms with Crippen molar-refractivity contribution in [2.75, 3.05) is 6.61 Å². The summed E-state index contributed by atoms with van der Waals surface area (Å²) in [5.74, 6) is 0.446. The van der Waals surface area contributed by atoms with Gasteiger partial charge in [0.25, 0.3) is 0 Å². The summed E-state index contributed by atoms with van der Waals surface area (Å²) in [5, 5.41) is 0.517. The molecule has 0 spiro atoms. The van der Waals surface area contributed by atoms with Crippen LogP contribution in [0, 0.1) is 6.92 Å². The van der Waals surface area contributed by atoms with Gasteiger partial charge in [-0.3, -0.25) is 4.79 Å². The Morgan fingerprint density at radius 1 is 1.21 bits per heavy atom. The summed E-state index contributed by atoms with van der Waals surface area (Å²) >= 11 is 9.36. The summed E-state index contributed by atoms with van der Waals surface area (Å²) < 4.78 is 6.38. The molecule has 0 heterocycles. The van der Waals surface area contributed by atoms with Gasteiger partial charge in [-0.15, -0.1) is 0 Å². The third-order valence-corrected chi connectivity index (χ3v) is 3.44. The van der Waals surface area contributed by atoms with Gasteiger partial charge in [0.05, 0.1) is 5.02 Å². The molecule has 2 aromatic rings. The first-order valence-electron chi connectivity index (χ1n) is 5.74. The highest BCUT2D eigenvalue weighted by Crippen LogP contribution is 2.25. The lowest BCUT2D eigenvalue weighted by molar-refractivity contribution is 0.0921. The van der Waals surface area contributed by atoms with Crippen LogP contribution in [0.4, 0.5) is 0 Å². The molecule has 19 heavy (non-hydrogen) atoms. The third-order valence-electron chi connectivity index (χ3n) is 2.61. The summed E-state index contributed by atoms with van der Waals surface area (Å²) in [6.45, 7) is 1.92. The molecule has 0 N–H and O–H groups in total. The molecule has 0 fully saturated rings. The third kappa shape index (κ3) is 3.82. The average Bonchev–Trinajstić information content (AvgIpc) is 2.38. The Morgan fingerprint density at radius 2 is 1.89 bits per heavy atom. The standard InChI is InChI=1S/C15H12BrClO2/c1-10-2-7-15(13(17)8-10)19-9-14(18)11-3-5-12(16)6-4-11/h2-8H,9H2,1H3. The Hall–Kier alpha value is -1.32. The van der Waals surface area contributed by atoms with Crippen molar-refractivity contribution in [2.45, 2.75) is 6.92 Å². The van der Waals surface area contributed by atoms with Crippen LogP contribution in [0.2, 0.25) is 5.02 Å². The van der Waals surface area contributed by atoms with Crippen molar-refractivity contribution in [2.24, 2.45) is 0 Å². The van der Waals surface area contributed by atoms with Gasteiger partial charge in [0.15, 0.2) is 12.4 Å². The number of hydrogen-bond donors (Lipinski definition) is 0. The number of ketones is 1. The van der Waals surface area contributed by atoms with Gasteiger partial charge in [0, 0.05) is 10.0 Å². The van der Waals surface area contributed by atoms with Crippen molar-refractivity contribution in [1.82, 2.24) is 0 Å². The first kappa shape index (κ1) is 14.1. The molecule has 0 radical (unpaired) electrons. The molecule has 0 unspecified atom stereocenters. The quantitative estimate of drug-likeness (QED) is 0.757. The molecule has 0 atom stereocenters. The largest absolute Gasteiger partial charge is 0.484 e. The Kier molecular flexibility index (Phi) is 4.61. The second-order valence-corrected chi connectivity index (χ2v) is 5.48. The monoisotopic (exact) mass is 338 g/mol. The number of ether oxygens (including phenoxy) is 1. The van der Waals surface area contributed by atoms with Crippen LogP contribution in [0.3, 0.4) is 0 Å². The minimum absolute atomic E-state index is 0.0234. The Bertz CT molecular complexity index is 594. The number of benzene rings is 2. The molecule has 0 bridgehead atoms. The molecule has 98 valence electrons. The van der Waals surface area contributed by atoms with Crippen molar-refractivity contribution >= 4 is 33.3 Å². The number of Topliss-reactive ketones (excluding diaryl/α,β-unsaturated/α-hetero) is 1. The summed E-state index contributed by atoms with van der Waals surface area (Å²) in [4.78, 5) is 11.9. The van der Waals surface area contributed by atoms with E-state index >= 15 is 0 Å². The molecule has 0 saturated carbocycles. The van der Waals surface area contributed by atoms with Gasteiger partial charge in [0.2, 0.25) is 0 Å². The predicted molar refractivity (Wildman–Crippen MR) is 80.2 cm³/mol. The highest BCUT2D eigenvalue weighted by Gasteiger charge is 2.08. The number of rotatable bonds is 4. The highest BCUT2D eigenvalue weighted by atomic mass is 79.9. The van der Waals surface area contributed by atoms with Crippen LogP contribution < -0.4 is 4.74 Å². The van der Waals surface area contributed by atoms with Gasteiger partial charge >= 0.3 is 0 Å². The summed E-state index contributed by atoms with van der Waals surface area (Å²) in [5.41, 5.74) is 1.67. The second kappa shape index (κ2) is 6.22. The number of aryl methyl sites for hydroxylation is 1. The van der Waals surface area contributed by atoms with E-state index in [2.05, 4.69) is 15.9 Å². The maximum absolute atomic E-state index is 11.9. The van der Waals surface area contributed by atoms with Gasteiger partial charge in [-0.1, -0.05) is 45.7 Å². The Balaban J connectivity index is 2.02. The minimum atomic E-state index is -0.0795.